The van der Waals surface area contributed by atoms with Crippen molar-refractivity contribution in [3.63, 3.8) is 0 Å². The highest BCUT2D eigenvalue weighted by Crippen LogP contribution is 2.41. The summed E-state index contributed by atoms with van der Waals surface area (Å²) >= 11 is 0. The lowest BCUT2D eigenvalue weighted by molar-refractivity contribution is 0.0600. The number of ether oxygens (including phenoxy) is 2. The van der Waals surface area contributed by atoms with Crippen LogP contribution in [0.4, 0.5) is 15.8 Å². The first kappa shape index (κ1) is 24.8. The maximum absolute atomic E-state index is 14.8. The highest BCUT2D eigenvalue weighted by molar-refractivity contribution is 5.92. The molecule has 0 saturated heterocycles. The first-order chi connectivity index (χ1) is 18.0. The highest BCUT2D eigenvalue weighted by Gasteiger charge is 2.29. The fraction of sp³-hybridized carbons (Fsp3) is 0.258. The molecule has 0 fully saturated rings. The van der Waals surface area contributed by atoms with Crippen LogP contribution in [0.25, 0.3) is 10.8 Å². The lowest BCUT2D eigenvalue weighted by Gasteiger charge is -2.37. The number of hydrogen-bond acceptors (Lipinski definition) is 5. The van der Waals surface area contributed by atoms with Crippen LogP contribution in [0.2, 0.25) is 0 Å². The van der Waals surface area contributed by atoms with Gasteiger partial charge in [-0.2, -0.15) is 0 Å². The number of methoxy groups -OCH3 is 1. The molecule has 1 unspecified atom stereocenters. The predicted molar refractivity (Wildman–Crippen MR) is 145 cm³/mol. The van der Waals surface area contributed by atoms with Gasteiger partial charge in [0.25, 0.3) is 0 Å². The molecule has 0 amide bonds. The van der Waals surface area contributed by atoms with Crippen molar-refractivity contribution in [2.45, 2.75) is 32.4 Å². The van der Waals surface area contributed by atoms with Crippen molar-refractivity contribution in [3.05, 3.63) is 101 Å². The van der Waals surface area contributed by atoms with Crippen molar-refractivity contribution in [2.75, 3.05) is 25.1 Å². The van der Waals surface area contributed by atoms with E-state index in [-0.39, 0.29) is 17.9 Å². The van der Waals surface area contributed by atoms with Gasteiger partial charge in [-0.3, -0.25) is 0 Å². The average molecular weight is 499 g/mol. The minimum atomic E-state index is -0.399. The van der Waals surface area contributed by atoms with E-state index in [9.17, 15) is 9.18 Å². The van der Waals surface area contributed by atoms with E-state index < -0.39 is 11.8 Å². The quantitative estimate of drug-likeness (QED) is 0.287. The molecule has 2 atom stereocenters. The molecule has 1 heterocycles. The van der Waals surface area contributed by atoms with Gasteiger partial charge in [-0.15, -0.1) is 0 Å². The molecule has 0 radical (unpaired) electrons. The van der Waals surface area contributed by atoms with Gasteiger partial charge in [-0.05, 0) is 73.0 Å². The second kappa shape index (κ2) is 10.6. The molecule has 1 N–H and O–H groups in total. The van der Waals surface area contributed by atoms with Crippen LogP contribution in [-0.4, -0.2) is 32.3 Å². The number of rotatable bonds is 7. The van der Waals surface area contributed by atoms with Crippen molar-refractivity contribution < 1.29 is 18.7 Å². The number of nitrogens with zero attached hydrogens (tertiary/aromatic N) is 1. The summed E-state index contributed by atoms with van der Waals surface area (Å²) in [5.74, 6) is -0.555. The Morgan fingerprint density at radius 1 is 1.11 bits per heavy atom. The maximum atomic E-state index is 14.8. The predicted octanol–water partition coefficient (Wildman–Crippen LogP) is 6.71. The van der Waals surface area contributed by atoms with Crippen LogP contribution in [0.1, 0.15) is 40.9 Å². The summed E-state index contributed by atoms with van der Waals surface area (Å²) in [6.45, 7) is 5.26. The number of anilines is 2. The lowest BCUT2D eigenvalue weighted by atomic mass is 9.99. The summed E-state index contributed by atoms with van der Waals surface area (Å²) < 4.78 is 25.9. The molecule has 0 saturated carbocycles. The first-order valence-corrected chi connectivity index (χ1v) is 12.6. The topological polar surface area (TPSA) is 50.8 Å². The third-order valence-corrected chi connectivity index (χ3v) is 7.05. The minimum Gasteiger partial charge on any atom is -0.483 e. The summed E-state index contributed by atoms with van der Waals surface area (Å²) in [5.41, 5.74) is 4.00. The van der Waals surface area contributed by atoms with Gasteiger partial charge in [-0.25, -0.2) is 9.18 Å². The van der Waals surface area contributed by atoms with Crippen molar-refractivity contribution in [3.8, 4) is 5.75 Å². The molecule has 4 aromatic carbocycles. The van der Waals surface area contributed by atoms with Crippen LogP contribution >= 0.6 is 0 Å². The molecule has 5 nitrogen and oxygen atoms in total. The average Bonchev–Trinajstić information content (AvgIpc) is 2.92. The number of carbonyl (C=O) groups is 1. The minimum absolute atomic E-state index is 0.148. The van der Waals surface area contributed by atoms with Crippen LogP contribution in [-0.2, 0) is 4.74 Å². The van der Waals surface area contributed by atoms with E-state index in [0.29, 0.717) is 30.8 Å². The second-order valence-electron chi connectivity index (χ2n) is 9.46. The Balaban J connectivity index is 1.35. The van der Waals surface area contributed by atoms with Crippen LogP contribution in [0, 0.1) is 12.7 Å². The largest absolute Gasteiger partial charge is 0.483 e. The molecule has 0 aromatic heterocycles. The van der Waals surface area contributed by atoms with Crippen LogP contribution in [0.5, 0.6) is 5.75 Å². The number of aryl methyl sites for hydroxylation is 1. The van der Waals surface area contributed by atoms with Crippen molar-refractivity contribution in [1.29, 1.82) is 0 Å². The standard InChI is InChI=1S/C31H31FN2O3/c1-20-14-15-23(18-27(20)31(35)36-3)34-19-24(37-30-28(32)12-7-13-29(30)34)16-17-33-21(2)25-11-6-9-22-8-4-5-10-26(22)25/h4-15,18,21,24,33H,16-17,19H2,1-3H3/t21-,24?/m1/s1. The van der Waals surface area contributed by atoms with E-state index in [0.717, 1.165) is 11.3 Å². The normalized spacial score (nSPS) is 15.7. The molecule has 4 aromatic rings. The fourth-order valence-electron chi connectivity index (χ4n) is 5.03. The summed E-state index contributed by atoms with van der Waals surface area (Å²) in [7, 11) is 1.37. The molecule has 0 spiro atoms. The molecule has 37 heavy (non-hydrogen) atoms. The van der Waals surface area contributed by atoms with Gasteiger partial charge in [0.2, 0.25) is 0 Å². The maximum Gasteiger partial charge on any atom is 0.338 e. The third-order valence-electron chi connectivity index (χ3n) is 7.05. The van der Waals surface area contributed by atoms with Gasteiger partial charge in [0.05, 0.1) is 24.9 Å². The van der Waals surface area contributed by atoms with E-state index >= 15 is 0 Å². The van der Waals surface area contributed by atoms with Gasteiger partial charge < -0.3 is 19.7 Å². The van der Waals surface area contributed by atoms with E-state index in [4.69, 9.17) is 9.47 Å². The molecule has 0 aliphatic carbocycles. The number of hydrogen-bond donors (Lipinski definition) is 1. The van der Waals surface area contributed by atoms with Crippen LogP contribution < -0.4 is 15.0 Å². The molecular formula is C31H31FN2O3. The van der Waals surface area contributed by atoms with E-state index in [1.54, 1.807) is 12.1 Å². The Kier molecular flexibility index (Phi) is 7.10. The SMILES string of the molecule is COC(=O)c1cc(N2CC(CCN[C@H](C)c3cccc4ccccc34)Oc3c(F)cccc32)ccc1C. The molecular weight excluding hydrogens is 467 g/mol. The Labute approximate surface area is 216 Å². The van der Waals surface area contributed by atoms with Crippen LogP contribution in [0.15, 0.2) is 78.9 Å². The number of benzene rings is 4. The molecule has 6 heteroatoms. The Hall–Kier alpha value is -3.90. The molecule has 190 valence electrons. The van der Waals surface area contributed by atoms with Crippen LogP contribution in [0.3, 0.4) is 0 Å². The van der Waals surface area contributed by atoms with Gasteiger partial charge in [0.15, 0.2) is 11.6 Å². The summed E-state index contributed by atoms with van der Waals surface area (Å²) in [5, 5.41) is 6.07. The smallest absolute Gasteiger partial charge is 0.338 e. The molecule has 1 aliphatic heterocycles. The van der Waals surface area contributed by atoms with E-state index in [1.807, 2.05) is 30.0 Å². The Morgan fingerprint density at radius 3 is 2.73 bits per heavy atom. The molecule has 1 aliphatic rings. The summed E-state index contributed by atoms with van der Waals surface area (Å²) in [6.07, 6.45) is 0.453. The van der Waals surface area contributed by atoms with Gasteiger partial charge in [-0.1, -0.05) is 54.6 Å². The third kappa shape index (κ3) is 5.02. The number of fused-ring (bicyclic) bond motifs is 2. The van der Waals surface area contributed by atoms with Crippen molar-refractivity contribution >= 4 is 28.1 Å². The number of nitrogens with one attached hydrogen (secondary N) is 1. The van der Waals surface area contributed by atoms with E-state index in [2.05, 4.69) is 54.7 Å². The van der Waals surface area contributed by atoms with Gasteiger partial charge in [0, 0.05) is 11.7 Å². The molecule has 5 rings (SSSR count). The Morgan fingerprint density at radius 2 is 1.89 bits per heavy atom. The number of halogens is 1. The fourth-order valence-corrected chi connectivity index (χ4v) is 5.03. The van der Waals surface area contributed by atoms with Gasteiger partial charge >= 0.3 is 5.97 Å². The lowest BCUT2D eigenvalue weighted by Crippen LogP contribution is -2.39. The zero-order chi connectivity index (χ0) is 25.9. The molecule has 0 bridgehead atoms. The monoisotopic (exact) mass is 498 g/mol. The highest BCUT2D eigenvalue weighted by atomic mass is 19.1. The second-order valence-corrected chi connectivity index (χ2v) is 9.46. The van der Waals surface area contributed by atoms with E-state index in [1.165, 1.54) is 29.5 Å². The summed E-state index contributed by atoms with van der Waals surface area (Å²) in [4.78, 5) is 14.3. The first-order valence-electron chi connectivity index (χ1n) is 12.6. The zero-order valence-corrected chi connectivity index (χ0v) is 21.3. The zero-order valence-electron chi connectivity index (χ0n) is 21.3. The number of para-hydroxylation sites is 1. The van der Waals surface area contributed by atoms with Gasteiger partial charge in [0.1, 0.15) is 6.10 Å². The van der Waals surface area contributed by atoms with Crippen molar-refractivity contribution in [1.82, 2.24) is 5.32 Å². The van der Waals surface area contributed by atoms with Crippen molar-refractivity contribution in [2.24, 2.45) is 0 Å². The summed E-state index contributed by atoms with van der Waals surface area (Å²) in [6, 6.07) is 25.5. The Bertz CT molecular complexity index is 1430. The number of esters is 1. The number of carbonyl (C=O) groups excluding carboxylic acids is 1.